The molecular formula is C23H20BrClN2O4. The van der Waals surface area contributed by atoms with Gasteiger partial charge in [-0.05, 0) is 37.1 Å². The van der Waals surface area contributed by atoms with Gasteiger partial charge in [-0.3, -0.25) is 19.2 Å². The smallest absolute Gasteiger partial charge is 0.274 e. The molecule has 1 heterocycles. The summed E-state index contributed by atoms with van der Waals surface area (Å²) in [6.07, 6.45) is 2.95. The van der Waals surface area contributed by atoms with Gasteiger partial charge in [-0.1, -0.05) is 64.6 Å². The predicted octanol–water partition coefficient (Wildman–Crippen LogP) is 4.52. The number of carbonyl (C=O) groups is 4. The van der Waals surface area contributed by atoms with Crippen molar-refractivity contribution >= 4 is 51.0 Å². The number of imide groups is 1. The first kappa shape index (κ1) is 21.7. The van der Waals surface area contributed by atoms with Crippen molar-refractivity contribution in [2.75, 3.05) is 6.54 Å². The van der Waals surface area contributed by atoms with Gasteiger partial charge in [0.2, 0.25) is 0 Å². The third-order valence-corrected chi connectivity index (χ3v) is 6.72. The summed E-state index contributed by atoms with van der Waals surface area (Å²) >= 11 is 9.53. The topological polar surface area (TPSA) is 74.8 Å². The minimum absolute atomic E-state index is 0.128. The molecule has 0 aromatic heterocycles. The van der Waals surface area contributed by atoms with Crippen LogP contribution in [0.15, 0.2) is 53.0 Å². The second kappa shape index (κ2) is 8.93. The zero-order valence-electron chi connectivity index (χ0n) is 16.6. The lowest BCUT2D eigenvalue weighted by molar-refractivity contribution is -0.154. The molecule has 1 aliphatic carbocycles. The van der Waals surface area contributed by atoms with Crippen LogP contribution in [-0.2, 0) is 9.59 Å². The van der Waals surface area contributed by atoms with E-state index in [1.807, 2.05) is 0 Å². The van der Waals surface area contributed by atoms with Crippen LogP contribution >= 0.6 is 27.5 Å². The highest BCUT2D eigenvalue weighted by molar-refractivity contribution is 9.10. The van der Waals surface area contributed by atoms with Crippen molar-refractivity contribution in [3.05, 3.63) is 69.2 Å². The second-order valence-corrected chi connectivity index (χ2v) is 9.08. The highest BCUT2D eigenvalue weighted by Gasteiger charge is 2.51. The molecule has 6 nitrogen and oxygen atoms in total. The van der Waals surface area contributed by atoms with E-state index < -0.39 is 36.1 Å². The van der Waals surface area contributed by atoms with E-state index in [0.29, 0.717) is 18.4 Å². The Hall–Kier alpha value is -2.51. The van der Waals surface area contributed by atoms with E-state index in [-0.39, 0.29) is 16.4 Å². The molecule has 160 valence electrons. The van der Waals surface area contributed by atoms with Gasteiger partial charge in [-0.25, -0.2) is 5.01 Å². The summed E-state index contributed by atoms with van der Waals surface area (Å²) in [5.41, 5.74) is 0.500. The Labute approximate surface area is 193 Å². The van der Waals surface area contributed by atoms with E-state index in [4.69, 9.17) is 11.6 Å². The quantitative estimate of drug-likeness (QED) is 0.444. The number of halogens is 2. The van der Waals surface area contributed by atoms with Crippen molar-refractivity contribution in [1.82, 2.24) is 10.0 Å². The number of ketones is 1. The molecule has 2 aliphatic rings. The molecule has 1 saturated carbocycles. The molecule has 0 N–H and O–H groups in total. The molecule has 31 heavy (non-hydrogen) atoms. The number of hydrogen-bond acceptors (Lipinski definition) is 4. The van der Waals surface area contributed by atoms with Crippen LogP contribution in [0.5, 0.6) is 0 Å². The van der Waals surface area contributed by atoms with Gasteiger partial charge < -0.3 is 0 Å². The lowest BCUT2D eigenvalue weighted by Gasteiger charge is -2.30. The van der Waals surface area contributed by atoms with E-state index >= 15 is 0 Å². The van der Waals surface area contributed by atoms with E-state index in [1.165, 1.54) is 6.07 Å². The van der Waals surface area contributed by atoms with Gasteiger partial charge in [0, 0.05) is 10.0 Å². The first-order chi connectivity index (χ1) is 14.9. The van der Waals surface area contributed by atoms with Crippen molar-refractivity contribution in [3.8, 4) is 0 Å². The number of amides is 3. The molecule has 2 atom stereocenters. The predicted molar refractivity (Wildman–Crippen MR) is 118 cm³/mol. The number of rotatable bonds is 5. The molecule has 1 saturated heterocycles. The summed E-state index contributed by atoms with van der Waals surface area (Å²) in [4.78, 5) is 52.7. The van der Waals surface area contributed by atoms with E-state index in [0.717, 1.165) is 27.3 Å². The number of fused-ring (bicyclic) bond motifs is 1. The van der Waals surface area contributed by atoms with Crippen LogP contribution in [0.3, 0.4) is 0 Å². The SMILES string of the molecule is O=C(CN(C(=O)c1ccccc1Cl)N1C(=O)[C@H]2CCCC[C@@H]2C1=O)c1ccc(Br)cc1. The fourth-order valence-corrected chi connectivity index (χ4v) is 4.73. The molecule has 2 fully saturated rings. The van der Waals surface area contributed by atoms with Gasteiger partial charge in [-0.2, -0.15) is 5.01 Å². The molecule has 4 rings (SSSR count). The first-order valence-corrected chi connectivity index (χ1v) is 11.3. The lowest BCUT2D eigenvalue weighted by atomic mass is 9.81. The van der Waals surface area contributed by atoms with Crippen LogP contribution in [-0.4, -0.2) is 40.1 Å². The van der Waals surface area contributed by atoms with Gasteiger partial charge in [0.1, 0.15) is 6.54 Å². The number of carbonyl (C=O) groups excluding carboxylic acids is 4. The number of nitrogens with zero attached hydrogens (tertiary/aromatic N) is 2. The Bertz CT molecular complexity index is 1030. The Kier molecular flexibility index (Phi) is 6.25. The van der Waals surface area contributed by atoms with Crippen molar-refractivity contribution in [3.63, 3.8) is 0 Å². The summed E-state index contributed by atoms with van der Waals surface area (Å²) in [6, 6.07) is 13.1. The van der Waals surface area contributed by atoms with E-state index in [1.54, 1.807) is 42.5 Å². The largest absolute Gasteiger partial charge is 0.292 e. The lowest BCUT2D eigenvalue weighted by Crippen LogP contribution is -2.52. The van der Waals surface area contributed by atoms with Gasteiger partial charge in [0.05, 0.1) is 22.4 Å². The molecule has 0 unspecified atom stereocenters. The maximum Gasteiger partial charge on any atom is 0.274 e. The normalized spacial score (nSPS) is 20.5. The molecule has 0 spiro atoms. The Morgan fingerprint density at radius 2 is 1.55 bits per heavy atom. The number of Topliss-reactive ketones (excluding diaryl/α,β-unsaturated/α-hetero) is 1. The molecule has 0 bridgehead atoms. The Balaban J connectivity index is 1.70. The fraction of sp³-hybridized carbons (Fsp3) is 0.304. The third kappa shape index (κ3) is 4.16. The maximum atomic E-state index is 13.4. The van der Waals surface area contributed by atoms with Crippen LogP contribution in [0.25, 0.3) is 0 Å². The monoisotopic (exact) mass is 502 g/mol. The molecule has 0 radical (unpaired) electrons. The van der Waals surface area contributed by atoms with Crippen LogP contribution in [0, 0.1) is 11.8 Å². The Morgan fingerprint density at radius 1 is 0.968 bits per heavy atom. The summed E-state index contributed by atoms with van der Waals surface area (Å²) in [5.74, 6) is -2.76. The molecule has 3 amide bonds. The van der Waals surface area contributed by atoms with E-state index in [9.17, 15) is 19.2 Å². The van der Waals surface area contributed by atoms with E-state index in [2.05, 4.69) is 15.9 Å². The number of hydrogen-bond donors (Lipinski definition) is 0. The van der Waals surface area contributed by atoms with Crippen LogP contribution < -0.4 is 0 Å². The molecule has 8 heteroatoms. The molecule has 1 aliphatic heterocycles. The summed E-state index contributed by atoms with van der Waals surface area (Å²) in [5, 5.41) is 2.04. The maximum absolute atomic E-state index is 13.4. The van der Waals surface area contributed by atoms with Gasteiger partial charge >= 0.3 is 0 Å². The van der Waals surface area contributed by atoms with Gasteiger partial charge in [0.25, 0.3) is 17.7 Å². The average molecular weight is 504 g/mol. The highest BCUT2D eigenvalue weighted by Crippen LogP contribution is 2.39. The van der Waals surface area contributed by atoms with Crippen molar-refractivity contribution in [2.24, 2.45) is 11.8 Å². The highest BCUT2D eigenvalue weighted by atomic mass is 79.9. The molecule has 2 aromatic rings. The second-order valence-electron chi connectivity index (χ2n) is 7.76. The first-order valence-electron chi connectivity index (χ1n) is 10.1. The summed E-state index contributed by atoms with van der Waals surface area (Å²) < 4.78 is 0.807. The zero-order valence-corrected chi connectivity index (χ0v) is 18.9. The number of hydrazine groups is 1. The minimum atomic E-state index is -0.656. The summed E-state index contributed by atoms with van der Waals surface area (Å²) in [7, 11) is 0. The van der Waals surface area contributed by atoms with Gasteiger partial charge in [0.15, 0.2) is 5.78 Å². The van der Waals surface area contributed by atoms with Crippen molar-refractivity contribution in [1.29, 1.82) is 0 Å². The fourth-order valence-electron chi connectivity index (χ4n) is 4.25. The standard InChI is InChI=1S/C23H20BrClN2O4/c24-15-11-9-14(10-12-15)20(28)13-26(21(29)18-7-3-4-8-19(18)25)27-22(30)16-5-1-2-6-17(16)23(27)31/h3-4,7-12,16-17H,1-2,5-6,13H2/t16-,17-/m0/s1. The van der Waals surface area contributed by atoms with Crippen LogP contribution in [0.1, 0.15) is 46.4 Å². The zero-order chi connectivity index (χ0) is 22.1. The number of benzene rings is 2. The average Bonchev–Trinajstić information content (AvgIpc) is 3.03. The van der Waals surface area contributed by atoms with Crippen molar-refractivity contribution in [2.45, 2.75) is 25.7 Å². The van der Waals surface area contributed by atoms with Crippen LogP contribution in [0.4, 0.5) is 0 Å². The molecule has 2 aromatic carbocycles. The summed E-state index contributed by atoms with van der Waals surface area (Å²) in [6.45, 7) is -0.442. The van der Waals surface area contributed by atoms with Crippen molar-refractivity contribution < 1.29 is 19.2 Å². The third-order valence-electron chi connectivity index (χ3n) is 5.86. The van der Waals surface area contributed by atoms with Gasteiger partial charge in [-0.15, -0.1) is 0 Å². The molecular weight excluding hydrogens is 484 g/mol. The Morgan fingerprint density at radius 3 is 2.13 bits per heavy atom. The minimum Gasteiger partial charge on any atom is -0.292 e. The van der Waals surface area contributed by atoms with Crippen LogP contribution in [0.2, 0.25) is 5.02 Å².